The molecule has 0 atom stereocenters. The molecule has 0 aliphatic carbocycles. The Morgan fingerprint density at radius 3 is 2.22 bits per heavy atom. The van der Waals surface area contributed by atoms with Gasteiger partial charge in [0.1, 0.15) is 5.82 Å². The summed E-state index contributed by atoms with van der Waals surface area (Å²) in [4.78, 5) is 29.5. The van der Waals surface area contributed by atoms with E-state index >= 15 is 0 Å². The lowest BCUT2D eigenvalue weighted by molar-refractivity contribution is -0.137. The van der Waals surface area contributed by atoms with E-state index in [1.165, 1.54) is 6.07 Å². The molecule has 4 aromatic rings. The SMILES string of the molecule is Cc1ccc(NC(=O)Cc2ccc(NC(=O)c3cc(C(F)(F)F)ccc3-c3ccccc3)cc2)nc1. The molecule has 0 bridgehead atoms. The number of carbonyl (C=O) groups excluding carboxylic acids is 2. The topological polar surface area (TPSA) is 71.1 Å². The molecule has 2 amide bonds. The number of nitrogens with zero attached hydrogens (tertiary/aromatic N) is 1. The zero-order valence-corrected chi connectivity index (χ0v) is 19.3. The smallest absolute Gasteiger partial charge is 0.322 e. The van der Waals surface area contributed by atoms with Crippen LogP contribution in [0.4, 0.5) is 24.7 Å². The summed E-state index contributed by atoms with van der Waals surface area (Å²) in [5.41, 5.74) is 2.08. The van der Waals surface area contributed by atoms with E-state index in [1.807, 2.05) is 13.0 Å². The van der Waals surface area contributed by atoms with Crippen LogP contribution in [-0.4, -0.2) is 16.8 Å². The summed E-state index contributed by atoms with van der Waals surface area (Å²) in [5, 5.41) is 5.37. The van der Waals surface area contributed by atoms with Crippen molar-refractivity contribution in [1.82, 2.24) is 4.98 Å². The Kier molecular flexibility index (Phi) is 7.15. The lowest BCUT2D eigenvalue weighted by Crippen LogP contribution is -2.16. The van der Waals surface area contributed by atoms with E-state index in [1.54, 1.807) is 66.9 Å². The van der Waals surface area contributed by atoms with Crippen LogP contribution >= 0.6 is 0 Å². The first kappa shape index (κ1) is 24.7. The first-order chi connectivity index (χ1) is 17.2. The maximum absolute atomic E-state index is 13.3. The lowest BCUT2D eigenvalue weighted by Gasteiger charge is -2.14. The molecule has 0 aliphatic heterocycles. The third kappa shape index (κ3) is 6.15. The number of nitrogens with one attached hydrogen (secondary N) is 2. The molecule has 3 aromatic carbocycles. The van der Waals surface area contributed by atoms with Gasteiger partial charge in [0.25, 0.3) is 5.91 Å². The summed E-state index contributed by atoms with van der Waals surface area (Å²) in [6, 6.07) is 21.9. The Hall–Kier alpha value is -4.46. The maximum atomic E-state index is 13.3. The summed E-state index contributed by atoms with van der Waals surface area (Å²) in [5.74, 6) is -0.472. The fraction of sp³-hybridized carbons (Fsp3) is 0.107. The van der Waals surface area contributed by atoms with Gasteiger partial charge in [-0.25, -0.2) is 4.98 Å². The molecule has 0 spiro atoms. The van der Waals surface area contributed by atoms with E-state index in [4.69, 9.17) is 0 Å². The quantitative estimate of drug-likeness (QED) is 0.324. The van der Waals surface area contributed by atoms with Gasteiger partial charge in [0.05, 0.1) is 12.0 Å². The number of halogens is 3. The van der Waals surface area contributed by atoms with Gasteiger partial charge in [0.15, 0.2) is 0 Å². The number of pyridine rings is 1. The number of rotatable bonds is 6. The van der Waals surface area contributed by atoms with Crippen LogP contribution in [0.3, 0.4) is 0 Å². The van der Waals surface area contributed by atoms with Gasteiger partial charge in [-0.2, -0.15) is 13.2 Å². The van der Waals surface area contributed by atoms with Crippen molar-refractivity contribution < 1.29 is 22.8 Å². The lowest BCUT2D eigenvalue weighted by atomic mass is 9.96. The van der Waals surface area contributed by atoms with Gasteiger partial charge < -0.3 is 10.6 Å². The summed E-state index contributed by atoms with van der Waals surface area (Å²) < 4.78 is 40.0. The highest BCUT2D eigenvalue weighted by atomic mass is 19.4. The number of amides is 2. The van der Waals surface area contributed by atoms with Gasteiger partial charge in [-0.1, -0.05) is 54.6 Å². The predicted octanol–water partition coefficient (Wildman–Crippen LogP) is 6.51. The van der Waals surface area contributed by atoms with Crippen molar-refractivity contribution in [2.75, 3.05) is 10.6 Å². The first-order valence-electron chi connectivity index (χ1n) is 11.1. The zero-order chi connectivity index (χ0) is 25.7. The zero-order valence-electron chi connectivity index (χ0n) is 19.3. The second kappa shape index (κ2) is 10.4. The molecule has 0 saturated carbocycles. The van der Waals surface area contributed by atoms with Gasteiger partial charge in [0.2, 0.25) is 5.91 Å². The van der Waals surface area contributed by atoms with Crippen LogP contribution in [0.2, 0.25) is 0 Å². The monoisotopic (exact) mass is 489 g/mol. The molecule has 1 heterocycles. The second-order valence-corrected chi connectivity index (χ2v) is 8.22. The minimum Gasteiger partial charge on any atom is -0.322 e. The van der Waals surface area contributed by atoms with E-state index in [-0.39, 0.29) is 17.9 Å². The van der Waals surface area contributed by atoms with Crippen LogP contribution in [0.25, 0.3) is 11.1 Å². The Labute approximate surface area is 206 Å². The van der Waals surface area contributed by atoms with Crippen LogP contribution in [-0.2, 0) is 17.4 Å². The highest BCUT2D eigenvalue weighted by Gasteiger charge is 2.32. The van der Waals surface area contributed by atoms with Crippen LogP contribution < -0.4 is 10.6 Å². The Bertz CT molecular complexity index is 1370. The van der Waals surface area contributed by atoms with Gasteiger partial charge in [-0.05, 0) is 59.5 Å². The van der Waals surface area contributed by atoms with E-state index in [9.17, 15) is 22.8 Å². The molecule has 0 aliphatic rings. The predicted molar refractivity (Wildman–Crippen MR) is 133 cm³/mol. The molecule has 4 rings (SSSR count). The van der Waals surface area contributed by atoms with Crippen LogP contribution in [0.15, 0.2) is 91.1 Å². The van der Waals surface area contributed by atoms with Crippen LogP contribution in [0, 0.1) is 6.92 Å². The molecular formula is C28H22F3N3O2. The summed E-state index contributed by atoms with van der Waals surface area (Å²) in [6.45, 7) is 1.90. The van der Waals surface area contributed by atoms with Gasteiger partial charge in [0, 0.05) is 17.4 Å². The molecule has 0 radical (unpaired) electrons. The molecule has 36 heavy (non-hydrogen) atoms. The molecular weight excluding hydrogens is 467 g/mol. The minimum absolute atomic E-state index is 0.0925. The standard InChI is InChI=1S/C28H22F3N3O2/c1-18-7-14-25(32-17-18)34-26(35)15-19-8-11-22(12-9-19)33-27(36)24-16-21(28(29,30)31)10-13-23(24)20-5-3-2-4-6-20/h2-14,16-17H,15H2,1H3,(H,33,36)(H,32,34,35). The van der Waals surface area contributed by atoms with Crippen molar-refractivity contribution in [2.24, 2.45) is 0 Å². The molecule has 1 aromatic heterocycles. The first-order valence-corrected chi connectivity index (χ1v) is 11.1. The number of hydrogen-bond acceptors (Lipinski definition) is 3. The van der Waals surface area contributed by atoms with Crippen molar-refractivity contribution in [3.63, 3.8) is 0 Å². The Balaban J connectivity index is 1.49. The highest BCUT2D eigenvalue weighted by molar-refractivity contribution is 6.09. The summed E-state index contributed by atoms with van der Waals surface area (Å²) in [7, 11) is 0. The molecule has 0 unspecified atom stereocenters. The van der Waals surface area contributed by atoms with Gasteiger partial charge in [-0.3, -0.25) is 9.59 Å². The second-order valence-electron chi connectivity index (χ2n) is 8.22. The maximum Gasteiger partial charge on any atom is 0.416 e. The average molecular weight is 489 g/mol. The Morgan fingerprint density at radius 1 is 0.861 bits per heavy atom. The number of aromatic nitrogens is 1. The van der Waals surface area contributed by atoms with E-state index < -0.39 is 17.6 Å². The summed E-state index contributed by atoms with van der Waals surface area (Å²) in [6.07, 6.45) is -2.84. The molecule has 182 valence electrons. The number of carbonyl (C=O) groups is 2. The Morgan fingerprint density at radius 2 is 1.58 bits per heavy atom. The van der Waals surface area contributed by atoms with Gasteiger partial charge >= 0.3 is 6.18 Å². The average Bonchev–Trinajstić information content (AvgIpc) is 2.86. The van der Waals surface area contributed by atoms with Gasteiger partial charge in [-0.15, -0.1) is 0 Å². The van der Waals surface area contributed by atoms with Crippen molar-refractivity contribution >= 4 is 23.3 Å². The van der Waals surface area contributed by atoms with Crippen LogP contribution in [0.1, 0.15) is 27.0 Å². The van der Waals surface area contributed by atoms with Crippen molar-refractivity contribution in [2.45, 2.75) is 19.5 Å². The van der Waals surface area contributed by atoms with Crippen molar-refractivity contribution in [1.29, 1.82) is 0 Å². The molecule has 2 N–H and O–H groups in total. The third-order valence-electron chi connectivity index (χ3n) is 5.43. The normalized spacial score (nSPS) is 11.1. The number of benzene rings is 3. The molecule has 5 nitrogen and oxygen atoms in total. The number of alkyl halides is 3. The highest BCUT2D eigenvalue weighted by Crippen LogP contribution is 2.33. The minimum atomic E-state index is -4.58. The fourth-order valence-electron chi connectivity index (χ4n) is 3.60. The van der Waals surface area contributed by atoms with Crippen LogP contribution in [0.5, 0.6) is 0 Å². The molecule has 0 fully saturated rings. The largest absolute Gasteiger partial charge is 0.416 e. The van der Waals surface area contributed by atoms with E-state index in [0.717, 1.165) is 17.7 Å². The van der Waals surface area contributed by atoms with Crippen molar-refractivity contribution in [3.05, 3.63) is 113 Å². The van der Waals surface area contributed by atoms with E-state index in [2.05, 4.69) is 15.6 Å². The van der Waals surface area contributed by atoms with Crippen molar-refractivity contribution in [3.8, 4) is 11.1 Å². The summed E-state index contributed by atoms with van der Waals surface area (Å²) >= 11 is 0. The molecule has 0 saturated heterocycles. The third-order valence-corrected chi connectivity index (χ3v) is 5.43. The van der Waals surface area contributed by atoms with E-state index in [0.29, 0.717) is 28.2 Å². The fourth-order valence-corrected chi connectivity index (χ4v) is 3.60. The number of aryl methyl sites for hydroxylation is 1. The molecule has 8 heteroatoms. The number of anilines is 2. The number of hydrogen-bond donors (Lipinski definition) is 2.